The predicted molar refractivity (Wildman–Crippen MR) is 271 cm³/mol. The Morgan fingerprint density at radius 1 is 0.719 bits per heavy atom. The second-order valence-corrected chi connectivity index (χ2v) is 19.4. The number of para-hydroxylation sites is 1. The van der Waals surface area contributed by atoms with Crippen LogP contribution >= 0.6 is 0 Å². The van der Waals surface area contributed by atoms with Crippen LogP contribution in [0.2, 0.25) is 0 Å². The summed E-state index contributed by atoms with van der Waals surface area (Å²) in [6, 6.07) is 41.2. The van der Waals surface area contributed by atoms with Crippen LogP contribution in [0.3, 0.4) is 0 Å². The monoisotopic (exact) mass is 833 g/mol. The Morgan fingerprint density at radius 3 is 2.34 bits per heavy atom. The van der Waals surface area contributed by atoms with Crippen LogP contribution in [-0.4, -0.2) is 0 Å². The Hall–Kier alpha value is -6.38. The Labute approximate surface area is 380 Å². The van der Waals surface area contributed by atoms with Crippen LogP contribution in [0.1, 0.15) is 116 Å². The SMILES string of the molecule is CCCC1=C(c2ccccc2C)C(C2C=CC3=C(C2)C(C)(C)c2ccc(-c4ccccc4N(C4=CCCC=C4)c4ccc(C5C=Cc6c(oc7cc(C)ccc67)C5)cc4)cc23)=CCC1. The van der Waals surface area contributed by atoms with Crippen molar-refractivity contribution in [2.24, 2.45) is 5.92 Å². The summed E-state index contributed by atoms with van der Waals surface area (Å²) in [6.07, 6.45) is 28.0. The van der Waals surface area contributed by atoms with Crippen LogP contribution in [0.15, 0.2) is 179 Å². The van der Waals surface area contributed by atoms with Gasteiger partial charge in [-0.3, -0.25) is 0 Å². The molecule has 0 bridgehead atoms. The average Bonchev–Trinajstić information content (AvgIpc) is 3.79. The van der Waals surface area contributed by atoms with Crippen LogP contribution in [-0.2, 0) is 11.8 Å². The van der Waals surface area contributed by atoms with Crippen molar-refractivity contribution in [3.63, 3.8) is 0 Å². The minimum atomic E-state index is -0.0518. The van der Waals surface area contributed by atoms with Gasteiger partial charge in [-0.25, -0.2) is 0 Å². The van der Waals surface area contributed by atoms with Crippen molar-refractivity contribution < 1.29 is 4.42 Å². The zero-order valence-corrected chi connectivity index (χ0v) is 38.2. The van der Waals surface area contributed by atoms with Gasteiger partial charge in [-0.2, -0.15) is 0 Å². The van der Waals surface area contributed by atoms with Gasteiger partial charge in [-0.05, 0) is 144 Å². The Morgan fingerprint density at radius 2 is 1.53 bits per heavy atom. The number of hydrogen-bond acceptors (Lipinski definition) is 2. The van der Waals surface area contributed by atoms with E-state index in [9.17, 15) is 0 Å². The molecule has 0 aliphatic heterocycles. The molecule has 2 unspecified atom stereocenters. The molecule has 0 amide bonds. The number of benzene rings is 5. The summed E-state index contributed by atoms with van der Waals surface area (Å²) in [6.45, 7) is 11.7. The molecule has 0 spiro atoms. The van der Waals surface area contributed by atoms with E-state index in [0.717, 1.165) is 43.4 Å². The second kappa shape index (κ2) is 16.3. The van der Waals surface area contributed by atoms with Crippen LogP contribution in [0.25, 0.3) is 39.3 Å². The molecular weight excluding hydrogens is 775 g/mol. The minimum Gasteiger partial charge on any atom is -0.460 e. The first-order chi connectivity index (χ1) is 31.3. The molecule has 0 fully saturated rings. The topological polar surface area (TPSA) is 16.4 Å². The van der Waals surface area contributed by atoms with Gasteiger partial charge in [0.05, 0.1) is 5.69 Å². The Bertz CT molecular complexity index is 3060. The lowest BCUT2D eigenvalue weighted by Gasteiger charge is -2.33. The quantitative estimate of drug-likeness (QED) is 0.144. The molecule has 2 nitrogen and oxygen atoms in total. The average molecular weight is 834 g/mol. The largest absolute Gasteiger partial charge is 0.460 e. The molecule has 0 N–H and O–H groups in total. The molecule has 1 heterocycles. The van der Waals surface area contributed by atoms with E-state index in [1.165, 1.54) is 109 Å². The standard InChI is InChI=1S/C62H59NO/c1-6-15-43-17-14-22-51(61(43)49-20-11-10-16-41(49)3)46-28-33-52-55-37-45(29-35-56(55)62(4,5)57(52)38-46)50-21-12-13-23-58(50)63(47-18-8-7-9-19-47)48-30-25-42(26-31-48)44-27-34-54-53-32-24-40(2)36-59(53)64-60(54)39-44/h8,10-13,16,18-37,44,46H,6-7,9,14-15,17,38-39H2,1-5H3. The van der Waals surface area contributed by atoms with E-state index in [1.807, 2.05) is 0 Å². The molecule has 0 saturated heterocycles. The van der Waals surface area contributed by atoms with Crippen molar-refractivity contribution in [2.45, 2.75) is 97.3 Å². The van der Waals surface area contributed by atoms with E-state index in [4.69, 9.17) is 4.42 Å². The van der Waals surface area contributed by atoms with Gasteiger partial charge in [0.15, 0.2) is 0 Å². The lowest BCUT2D eigenvalue weighted by atomic mass is 9.71. The summed E-state index contributed by atoms with van der Waals surface area (Å²) in [4.78, 5) is 2.47. The first-order valence-electron chi connectivity index (χ1n) is 23.9. The highest BCUT2D eigenvalue weighted by atomic mass is 16.3. The number of anilines is 2. The summed E-state index contributed by atoms with van der Waals surface area (Å²) < 4.78 is 6.42. The Balaban J connectivity index is 0.919. The number of rotatable bonds is 9. The summed E-state index contributed by atoms with van der Waals surface area (Å²) in [5.41, 5.74) is 24.1. The fourth-order valence-electron chi connectivity index (χ4n) is 11.6. The highest BCUT2D eigenvalue weighted by Gasteiger charge is 2.40. The van der Waals surface area contributed by atoms with Crippen molar-refractivity contribution in [3.8, 4) is 11.1 Å². The number of hydrogen-bond donors (Lipinski definition) is 0. The maximum absolute atomic E-state index is 6.42. The first-order valence-corrected chi connectivity index (χ1v) is 23.9. The summed E-state index contributed by atoms with van der Waals surface area (Å²) >= 11 is 0. The highest BCUT2D eigenvalue weighted by Crippen LogP contribution is 2.55. The molecule has 2 heteroatoms. The number of furan rings is 1. The van der Waals surface area contributed by atoms with E-state index in [0.29, 0.717) is 5.92 Å². The van der Waals surface area contributed by atoms with E-state index >= 15 is 0 Å². The minimum absolute atomic E-state index is 0.0518. The van der Waals surface area contributed by atoms with E-state index in [1.54, 1.807) is 11.1 Å². The fourth-order valence-corrected chi connectivity index (χ4v) is 11.6. The van der Waals surface area contributed by atoms with Crippen molar-refractivity contribution >= 4 is 39.6 Å². The van der Waals surface area contributed by atoms with Crippen molar-refractivity contribution in [1.82, 2.24) is 0 Å². The molecule has 5 aliphatic carbocycles. The normalized spacial score (nSPS) is 19.7. The molecule has 6 aromatic rings. The van der Waals surface area contributed by atoms with Crippen LogP contribution in [0.5, 0.6) is 0 Å². The van der Waals surface area contributed by atoms with Gasteiger partial charge in [0.25, 0.3) is 0 Å². The Kier molecular flexibility index (Phi) is 10.3. The zero-order valence-electron chi connectivity index (χ0n) is 38.2. The molecule has 11 rings (SSSR count). The zero-order chi connectivity index (χ0) is 43.5. The van der Waals surface area contributed by atoms with Crippen LogP contribution < -0.4 is 4.90 Å². The van der Waals surface area contributed by atoms with Crippen LogP contribution in [0, 0.1) is 19.8 Å². The van der Waals surface area contributed by atoms with Crippen molar-refractivity contribution in [3.05, 3.63) is 219 Å². The molecule has 64 heavy (non-hydrogen) atoms. The van der Waals surface area contributed by atoms with Crippen molar-refractivity contribution in [2.75, 3.05) is 4.90 Å². The highest BCUT2D eigenvalue weighted by molar-refractivity contribution is 5.93. The fraction of sp³-hybridized carbons (Fsp3) is 0.258. The van der Waals surface area contributed by atoms with Gasteiger partial charge in [0, 0.05) is 51.6 Å². The number of allylic oxidation sites excluding steroid dienone is 12. The van der Waals surface area contributed by atoms with Gasteiger partial charge in [0.2, 0.25) is 0 Å². The lowest BCUT2D eigenvalue weighted by molar-refractivity contribution is 0.532. The molecule has 0 radical (unpaired) electrons. The van der Waals surface area contributed by atoms with Gasteiger partial charge in [0.1, 0.15) is 11.3 Å². The predicted octanol–water partition coefficient (Wildman–Crippen LogP) is 17.0. The summed E-state index contributed by atoms with van der Waals surface area (Å²) in [5, 5.41) is 1.21. The lowest BCUT2D eigenvalue weighted by Crippen LogP contribution is -2.21. The maximum Gasteiger partial charge on any atom is 0.135 e. The van der Waals surface area contributed by atoms with Gasteiger partial charge in [-0.15, -0.1) is 0 Å². The summed E-state index contributed by atoms with van der Waals surface area (Å²) in [5.74, 6) is 1.72. The third kappa shape index (κ3) is 6.94. The smallest absolute Gasteiger partial charge is 0.135 e. The number of nitrogens with zero attached hydrogens (tertiary/aromatic N) is 1. The van der Waals surface area contributed by atoms with Crippen molar-refractivity contribution in [1.29, 1.82) is 0 Å². The van der Waals surface area contributed by atoms with Crippen LogP contribution in [0.4, 0.5) is 11.4 Å². The third-order valence-electron chi connectivity index (χ3n) is 14.9. The molecule has 5 aliphatic rings. The number of aryl methyl sites for hydroxylation is 2. The second-order valence-electron chi connectivity index (χ2n) is 19.4. The molecule has 318 valence electrons. The van der Waals surface area contributed by atoms with Gasteiger partial charge >= 0.3 is 0 Å². The van der Waals surface area contributed by atoms with Gasteiger partial charge in [-0.1, -0.05) is 160 Å². The molecule has 1 aromatic heterocycles. The molecular formula is C62H59NO. The molecule has 2 atom stereocenters. The van der Waals surface area contributed by atoms with E-state index < -0.39 is 0 Å². The molecule has 0 saturated carbocycles. The number of fused-ring (bicyclic) bond motifs is 5. The van der Waals surface area contributed by atoms with E-state index in [-0.39, 0.29) is 11.3 Å². The van der Waals surface area contributed by atoms with Gasteiger partial charge < -0.3 is 9.32 Å². The third-order valence-corrected chi connectivity index (χ3v) is 14.9. The maximum atomic E-state index is 6.42. The summed E-state index contributed by atoms with van der Waals surface area (Å²) in [7, 11) is 0. The molecule has 5 aromatic carbocycles. The first kappa shape index (κ1) is 40.4. The van der Waals surface area contributed by atoms with E-state index in [2.05, 4.69) is 197 Å².